The van der Waals surface area contributed by atoms with Gasteiger partial charge in [-0.25, -0.2) is 4.98 Å². The Morgan fingerprint density at radius 2 is 1.90 bits per heavy atom. The van der Waals surface area contributed by atoms with Gasteiger partial charge in [-0.2, -0.15) is 4.99 Å². The SMILES string of the molecule is COc1cc([N+](=O)[O-])c(OC)cc1-c1nc2sc(C)c(C)n2c1/C(N)=N/C(=N)N.Cl. The van der Waals surface area contributed by atoms with Gasteiger partial charge in [-0.05, 0) is 13.8 Å². The van der Waals surface area contributed by atoms with E-state index >= 15 is 0 Å². The number of nitro groups is 1. The Morgan fingerprint density at radius 3 is 2.43 bits per heavy atom. The van der Waals surface area contributed by atoms with E-state index in [1.807, 2.05) is 18.2 Å². The summed E-state index contributed by atoms with van der Waals surface area (Å²) in [6.45, 7) is 3.86. The molecule has 2 aromatic heterocycles. The van der Waals surface area contributed by atoms with Crippen LogP contribution in [0, 0.1) is 29.4 Å². The maximum absolute atomic E-state index is 11.4. The number of methoxy groups -OCH3 is 2. The number of guanidine groups is 1. The van der Waals surface area contributed by atoms with E-state index in [4.69, 9.17) is 26.4 Å². The van der Waals surface area contributed by atoms with Crippen LogP contribution in [-0.2, 0) is 0 Å². The average molecular weight is 454 g/mol. The second-order valence-corrected chi connectivity index (χ2v) is 7.22. The molecule has 5 N–H and O–H groups in total. The summed E-state index contributed by atoms with van der Waals surface area (Å²) in [5, 5.41) is 18.8. The van der Waals surface area contributed by atoms with Crippen LogP contribution in [0.2, 0.25) is 0 Å². The first-order chi connectivity index (χ1) is 13.7. The van der Waals surface area contributed by atoms with E-state index in [1.54, 1.807) is 0 Å². The number of amidine groups is 1. The lowest BCUT2D eigenvalue weighted by Crippen LogP contribution is -2.21. The van der Waals surface area contributed by atoms with E-state index in [0.29, 0.717) is 21.9 Å². The number of benzene rings is 1. The molecule has 0 fully saturated rings. The molecule has 2 heterocycles. The Balaban J connectivity index is 0.00000320. The third-order valence-electron chi connectivity index (χ3n) is 4.37. The molecule has 0 aliphatic heterocycles. The lowest BCUT2D eigenvalue weighted by molar-refractivity contribution is -0.385. The summed E-state index contributed by atoms with van der Waals surface area (Å²) in [4.78, 5) is 21.0. The van der Waals surface area contributed by atoms with E-state index in [1.165, 1.54) is 37.7 Å². The van der Waals surface area contributed by atoms with E-state index < -0.39 is 10.9 Å². The average Bonchev–Trinajstić information content (AvgIpc) is 3.16. The number of nitro benzene ring substituents is 1. The van der Waals surface area contributed by atoms with Crippen LogP contribution >= 0.6 is 23.7 Å². The highest BCUT2D eigenvalue weighted by atomic mass is 35.5. The molecule has 1 aromatic carbocycles. The summed E-state index contributed by atoms with van der Waals surface area (Å²) in [6.07, 6.45) is 0. The van der Waals surface area contributed by atoms with E-state index in [0.717, 1.165) is 10.6 Å². The molecule has 0 amide bonds. The fraction of sp³-hybridized carbons (Fsp3) is 0.235. The van der Waals surface area contributed by atoms with Crippen molar-refractivity contribution in [1.29, 1.82) is 5.41 Å². The number of thiazole rings is 1. The Labute approximate surface area is 181 Å². The normalized spacial score (nSPS) is 11.3. The van der Waals surface area contributed by atoms with Crippen LogP contribution in [0.4, 0.5) is 5.69 Å². The third kappa shape index (κ3) is 3.74. The molecule has 0 saturated carbocycles. The fourth-order valence-electron chi connectivity index (χ4n) is 2.96. The zero-order valence-corrected chi connectivity index (χ0v) is 18.2. The topological polar surface area (TPSA) is 167 Å². The highest BCUT2D eigenvalue weighted by Gasteiger charge is 2.27. The van der Waals surface area contributed by atoms with Gasteiger partial charge >= 0.3 is 5.69 Å². The number of nitrogens with zero attached hydrogens (tertiary/aromatic N) is 4. The van der Waals surface area contributed by atoms with Crippen LogP contribution in [-0.4, -0.2) is 40.3 Å². The van der Waals surface area contributed by atoms with Gasteiger partial charge in [0, 0.05) is 22.2 Å². The lowest BCUT2D eigenvalue weighted by Gasteiger charge is -2.11. The minimum absolute atomic E-state index is 0. The van der Waals surface area contributed by atoms with Gasteiger partial charge in [0.25, 0.3) is 0 Å². The predicted molar refractivity (Wildman–Crippen MR) is 118 cm³/mol. The highest BCUT2D eigenvalue weighted by molar-refractivity contribution is 7.17. The molecule has 0 unspecified atom stereocenters. The van der Waals surface area contributed by atoms with Crippen LogP contribution in [0.1, 0.15) is 16.3 Å². The van der Waals surface area contributed by atoms with Gasteiger partial charge in [-0.1, -0.05) is 0 Å². The smallest absolute Gasteiger partial charge is 0.314 e. The summed E-state index contributed by atoms with van der Waals surface area (Å²) in [5.41, 5.74) is 13.4. The molecule has 0 radical (unpaired) electrons. The number of fused-ring (bicyclic) bond motifs is 1. The molecule has 3 aromatic rings. The number of ether oxygens (including phenoxy) is 2. The summed E-state index contributed by atoms with van der Waals surface area (Å²) < 4.78 is 12.4. The van der Waals surface area contributed by atoms with Crippen LogP contribution in [0.3, 0.4) is 0 Å². The molecule has 0 aliphatic carbocycles. The maximum atomic E-state index is 11.4. The number of hydrogen-bond donors (Lipinski definition) is 3. The first kappa shape index (κ1) is 22.9. The number of halogens is 1. The Kier molecular flexibility index (Phi) is 6.53. The molecule has 0 atom stereocenters. The highest BCUT2D eigenvalue weighted by Crippen LogP contribution is 2.41. The minimum atomic E-state index is -0.559. The van der Waals surface area contributed by atoms with Crippen molar-refractivity contribution in [1.82, 2.24) is 9.38 Å². The molecule has 160 valence electrons. The number of rotatable bonds is 5. The molecule has 0 saturated heterocycles. The van der Waals surface area contributed by atoms with Crippen molar-refractivity contribution in [2.75, 3.05) is 14.2 Å². The largest absolute Gasteiger partial charge is 0.496 e. The Bertz CT molecular complexity index is 1180. The standard InChI is InChI=1S/C17H19N7O4S.ClH/c1-7-8(2)29-17-21-13(14(23(7)17)15(18)22-16(19)20)9-5-12(28-4)10(24(25)26)6-11(9)27-3;/h5-6H,1-4H3,(H5,18,19,20,22);1H. The summed E-state index contributed by atoms with van der Waals surface area (Å²) in [6, 6.07) is 2.73. The molecule has 30 heavy (non-hydrogen) atoms. The molecular formula is C17H20ClN7O4S. The molecule has 11 nitrogen and oxygen atoms in total. The molecule has 0 spiro atoms. The number of aromatic nitrogens is 2. The third-order valence-corrected chi connectivity index (χ3v) is 5.43. The van der Waals surface area contributed by atoms with Gasteiger partial charge in [0.15, 0.2) is 16.5 Å². The van der Waals surface area contributed by atoms with Crippen LogP contribution in [0.15, 0.2) is 17.1 Å². The summed E-state index contributed by atoms with van der Waals surface area (Å²) in [5.74, 6) is -0.209. The van der Waals surface area contributed by atoms with Crippen molar-refractivity contribution in [2.45, 2.75) is 13.8 Å². The van der Waals surface area contributed by atoms with Crippen LogP contribution in [0.25, 0.3) is 16.2 Å². The maximum Gasteiger partial charge on any atom is 0.314 e. The summed E-state index contributed by atoms with van der Waals surface area (Å²) >= 11 is 1.45. The van der Waals surface area contributed by atoms with Crippen molar-refractivity contribution in [3.8, 4) is 22.8 Å². The number of aliphatic imine (C=N–C) groups is 1. The number of aryl methyl sites for hydroxylation is 2. The van der Waals surface area contributed by atoms with Gasteiger partial charge in [0.05, 0.1) is 25.2 Å². The quantitative estimate of drug-likeness (QED) is 0.231. The predicted octanol–water partition coefficient (Wildman–Crippen LogP) is 2.63. The van der Waals surface area contributed by atoms with E-state index in [9.17, 15) is 10.1 Å². The molecule has 3 rings (SSSR count). The van der Waals surface area contributed by atoms with Crippen molar-refractivity contribution in [3.63, 3.8) is 0 Å². The second kappa shape index (κ2) is 8.55. The molecule has 0 aliphatic rings. The van der Waals surface area contributed by atoms with Crippen molar-refractivity contribution in [3.05, 3.63) is 38.5 Å². The lowest BCUT2D eigenvalue weighted by atomic mass is 10.1. The van der Waals surface area contributed by atoms with Gasteiger partial charge in [0.2, 0.25) is 5.96 Å². The molecule has 13 heteroatoms. The van der Waals surface area contributed by atoms with E-state index in [2.05, 4.69) is 9.98 Å². The summed E-state index contributed by atoms with van der Waals surface area (Å²) in [7, 11) is 2.74. The minimum Gasteiger partial charge on any atom is -0.496 e. The first-order valence-corrected chi connectivity index (χ1v) is 9.09. The van der Waals surface area contributed by atoms with Gasteiger partial charge in [-0.15, -0.1) is 23.7 Å². The number of nitrogens with one attached hydrogen (secondary N) is 1. The molecule has 0 bridgehead atoms. The zero-order valence-electron chi connectivity index (χ0n) is 16.5. The van der Waals surface area contributed by atoms with Gasteiger partial charge in [0.1, 0.15) is 17.1 Å². The second-order valence-electron chi connectivity index (χ2n) is 6.03. The van der Waals surface area contributed by atoms with Crippen LogP contribution < -0.4 is 20.9 Å². The van der Waals surface area contributed by atoms with Crippen molar-refractivity contribution in [2.24, 2.45) is 16.5 Å². The van der Waals surface area contributed by atoms with Gasteiger partial charge in [-0.3, -0.25) is 19.9 Å². The van der Waals surface area contributed by atoms with Crippen LogP contribution in [0.5, 0.6) is 11.5 Å². The monoisotopic (exact) mass is 453 g/mol. The molecular weight excluding hydrogens is 434 g/mol. The van der Waals surface area contributed by atoms with Gasteiger partial charge < -0.3 is 20.9 Å². The fourth-order valence-corrected chi connectivity index (χ4v) is 3.93. The zero-order chi connectivity index (χ0) is 21.5. The number of nitrogens with two attached hydrogens (primary N) is 2. The number of hydrogen-bond acceptors (Lipinski definition) is 7. The first-order valence-electron chi connectivity index (χ1n) is 8.27. The number of imidazole rings is 1. The Hall–Kier alpha value is -3.38. The van der Waals surface area contributed by atoms with Crippen molar-refractivity contribution < 1.29 is 14.4 Å². The van der Waals surface area contributed by atoms with Crippen molar-refractivity contribution >= 4 is 46.2 Å². The van der Waals surface area contributed by atoms with E-state index in [-0.39, 0.29) is 35.4 Å². The Morgan fingerprint density at radius 1 is 1.27 bits per heavy atom.